The molecule has 1 saturated carbocycles. The summed E-state index contributed by atoms with van der Waals surface area (Å²) >= 11 is 0. The number of nitrogens with two attached hydrogens (primary N) is 2. The van der Waals surface area contributed by atoms with Crippen LogP contribution in [-0.2, 0) is 11.3 Å². The molecule has 1 aromatic rings. The van der Waals surface area contributed by atoms with Crippen LogP contribution in [0.3, 0.4) is 0 Å². The molecule has 0 atom stereocenters. The van der Waals surface area contributed by atoms with E-state index in [2.05, 4.69) is 4.90 Å². The summed E-state index contributed by atoms with van der Waals surface area (Å²) in [5.74, 6) is 0.451. The molecule has 0 bridgehead atoms. The second-order valence-corrected chi connectivity index (χ2v) is 5.23. The van der Waals surface area contributed by atoms with Crippen LogP contribution in [0.2, 0.25) is 0 Å². The number of anilines is 1. The molecule has 4 N–H and O–H groups in total. The summed E-state index contributed by atoms with van der Waals surface area (Å²) in [5, 5.41) is 0. The van der Waals surface area contributed by atoms with E-state index >= 15 is 0 Å². The Labute approximate surface area is 119 Å². The van der Waals surface area contributed by atoms with E-state index in [-0.39, 0.29) is 12.5 Å². The van der Waals surface area contributed by atoms with Crippen molar-refractivity contribution in [2.75, 3.05) is 18.6 Å². The number of carbonyl (C=O) groups is 1. The van der Waals surface area contributed by atoms with Gasteiger partial charge in [-0.15, -0.1) is 0 Å². The average Bonchev–Trinajstić information content (AvgIpc) is 2.97. The maximum Gasteiger partial charge on any atom is 0.236 e. The number of hydrogen-bond donors (Lipinski definition) is 2. The predicted octanol–water partition coefficient (Wildman–Crippen LogP) is 1.39. The molecule has 0 saturated heterocycles. The third kappa shape index (κ3) is 3.22. The Morgan fingerprint density at radius 2 is 2.10 bits per heavy atom. The van der Waals surface area contributed by atoms with Crippen molar-refractivity contribution in [1.82, 2.24) is 0 Å². The van der Waals surface area contributed by atoms with Crippen molar-refractivity contribution in [3.8, 4) is 5.75 Å². The fraction of sp³-hybridized carbons (Fsp3) is 0.533. The molecule has 5 heteroatoms. The highest BCUT2D eigenvalue weighted by Crippen LogP contribution is 2.32. The second-order valence-electron chi connectivity index (χ2n) is 5.23. The number of rotatable bonds is 6. The van der Waals surface area contributed by atoms with Crippen LogP contribution in [0, 0.1) is 0 Å². The van der Waals surface area contributed by atoms with Crippen LogP contribution < -0.4 is 21.1 Å². The summed E-state index contributed by atoms with van der Waals surface area (Å²) in [6.45, 7) is 0.659. The number of nitrogens with zero attached hydrogens (tertiary/aromatic N) is 1. The van der Waals surface area contributed by atoms with E-state index in [1.807, 2.05) is 18.2 Å². The standard InChI is InChI=1S/C15H23N3O2/c1-20-13-7-6-11(9-16)14(8-13)18(10-15(17)19)12-4-2-3-5-12/h6-8,12H,2-5,9-10,16H2,1H3,(H2,17,19). The highest BCUT2D eigenvalue weighted by Gasteiger charge is 2.25. The lowest BCUT2D eigenvalue weighted by atomic mass is 10.1. The Balaban J connectivity index is 2.37. The van der Waals surface area contributed by atoms with Crippen molar-refractivity contribution in [3.63, 3.8) is 0 Å². The van der Waals surface area contributed by atoms with E-state index in [1.54, 1.807) is 7.11 Å². The zero-order chi connectivity index (χ0) is 14.5. The van der Waals surface area contributed by atoms with Gasteiger partial charge in [-0.3, -0.25) is 4.79 Å². The SMILES string of the molecule is COc1ccc(CN)c(N(CC(N)=O)C2CCCC2)c1. The molecule has 110 valence electrons. The quantitative estimate of drug-likeness (QED) is 0.823. The molecule has 0 aromatic heterocycles. The van der Waals surface area contributed by atoms with Gasteiger partial charge in [0.05, 0.1) is 13.7 Å². The highest BCUT2D eigenvalue weighted by atomic mass is 16.5. The third-order valence-corrected chi connectivity index (χ3v) is 3.91. The third-order valence-electron chi connectivity index (χ3n) is 3.91. The van der Waals surface area contributed by atoms with Gasteiger partial charge in [-0.1, -0.05) is 18.9 Å². The second kappa shape index (κ2) is 6.61. The molecule has 0 radical (unpaired) electrons. The van der Waals surface area contributed by atoms with Crippen LogP contribution in [-0.4, -0.2) is 25.6 Å². The number of amides is 1. The van der Waals surface area contributed by atoms with Gasteiger partial charge in [-0.2, -0.15) is 0 Å². The molecular weight excluding hydrogens is 254 g/mol. The number of carbonyl (C=O) groups excluding carboxylic acids is 1. The van der Waals surface area contributed by atoms with E-state index < -0.39 is 0 Å². The van der Waals surface area contributed by atoms with E-state index in [9.17, 15) is 4.79 Å². The van der Waals surface area contributed by atoms with Crippen LogP contribution in [0.4, 0.5) is 5.69 Å². The average molecular weight is 277 g/mol. The minimum atomic E-state index is -0.317. The molecule has 1 amide bonds. The van der Waals surface area contributed by atoms with Crippen LogP contribution >= 0.6 is 0 Å². The van der Waals surface area contributed by atoms with Gasteiger partial charge in [0, 0.05) is 24.3 Å². The maximum absolute atomic E-state index is 11.4. The predicted molar refractivity (Wildman–Crippen MR) is 79.7 cm³/mol. The number of benzene rings is 1. The summed E-state index contributed by atoms with van der Waals surface area (Å²) in [6, 6.07) is 6.16. The minimum absolute atomic E-state index is 0.227. The van der Waals surface area contributed by atoms with Crippen molar-refractivity contribution < 1.29 is 9.53 Å². The fourth-order valence-electron chi connectivity index (χ4n) is 2.91. The van der Waals surface area contributed by atoms with Crippen molar-refractivity contribution in [1.29, 1.82) is 0 Å². The van der Waals surface area contributed by atoms with Gasteiger partial charge in [0.25, 0.3) is 0 Å². The van der Waals surface area contributed by atoms with E-state index in [1.165, 1.54) is 12.8 Å². The van der Waals surface area contributed by atoms with Gasteiger partial charge in [0.1, 0.15) is 5.75 Å². The van der Waals surface area contributed by atoms with Gasteiger partial charge in [0.15, 0.2) is 0 Å². The molecule has 5 nitrogen and oxygen atoms in total. The molecule has 1 aliphatic rings. The van der Waals surface area contributed by atoms with E-state index in [4.69, 9.17) is 16.2 Å². The summed E-state index contributed by atoms with van der Waals surface area (Å²) in [5.41, 5.74) is 13.2. The Morgan fingerprint density at radius 1 is 1.40 bits per heavy atom. The monoisotopic (exact) mass is 277 g/mol. The Hall–Kier alpha value is -1.75. The smallest absolute Gasteiger partial charge is 0.236 e. The van der Waals surface area contributed by atoms with Gasteiger partial charge >= 0.3 is 0 Å². The van der Waals surface area contributed by atoms with Gasteiger partial charge in [-0.25, -0.2) is 0 Å². The number of hydrogen-bond acceptors (Lipinski definition) is 4. The van der Waals surface area contributed by atoms with Crippen molar-refractivity contribution in [2.24, 2.45) is 11.5 Å². The van der Waals surface area contributed by atoms with E-state index in [0.717, 1.165) is 29.8 Å². The maximum atomic E-state index is 11.4. The minimum Gasteiger partial charge on any atom is -0.497 e. The lowest BCUT2D eigenvalue weighted by molar-refractivity contribution is -0.116. The lowest BCUT2D eigenvalue weighted by Gasteiger charge is -2.32. The van der Waals surface area contributed by atoms with Crippen LogP contribution in [0.1, 0.15) is 31.2 Å². The van der Waals surface area contributed by atoms with Crippen LogP contribution in [0.15, 0.2) is 18.2 Å². The molecule has 0 spiro atoms. The largest absolute Gasteiger partial charge is 0.497 e. The first-order chi connectivity index (χ1) is 9.65. The first-order valence-electron chi connectivity index (χ1n) is 7.07. The molecule has 0 unspecified atom stereocenters. The highest BCUT2D eigenvalue weighted by molar-refractivity contribution is 5.80. The summed E-state index contributed by atoms with van der Waals surface area (Å²) < 4.78 is 5.29. The van der Waals surface area contributed by atoms with Gasteiger partial charge in [-0.05, 0) is 24.5 Å². The zero-order valence-electron chi connectivity index (χ0n) is 12.0. The zero-order valence-corrected chi connectivity index (χ0v) is 12.0. The van der Waals surface area contributed by atoms with Crippen molar-refractivity contribution in [3.05, 3.63) is 23.8 Å². The summed E-state index contributed by atoms with van der Waals surface area (Å²) in [6.07, 6.45) is 4.58. The molecule has 1 aliphatic carbocycles. The molecule has 20 heavy (non-hydrogen) atoms. The number of ether oxygens (including phenoxy) is 1. The molecule has 0 aliphatic heterocycles. The normalized spacial score (nSPS) is 15.3. The summed E-state index contributed by atoms with van der Waals surface area (Å²) in [4.78, 5) is 13.5. The fourth-order valence-corrected chi connectivity index (χ4v) is 2.91. The van der Waals surface area contributed by atoms with Gasteiger partial charge < -0.3 is 21.1 Å². The molecule has 0 heterocycles. The van der Waals surface area contributed by atoms with Crippen molar-refractivity contribution in [2.45, 2.75) is 38.3 Å². The first-order valence-corrected chi connectivity index (χ1v) is 7.07. The summed E-state index contributed by atoms with van der Waals surface area (Å²) in [7, 11) is 1.63. The molecular formula is C15H23N3O2. The Bertz CT molecular complexity index is 470. The Morgan fingerprint density at radius 3 is 2.65 bits per heavy atom. The first kappa shape index (κ1) is 14.7. The lowest BCUT2D eigenvalue weighted by Crippen LogP contribution is -2.40. The van der Waals surface area contributed by atoms with Gasteiger partial charge in [0.2, 0.25) is 5.91 Å². The van der Waals surface area contributed by atoms with E-state index in [0.29, 0.717) is 12.6 Å². The Kier molecular flexibility index (Phi) is 4.84. The molecule has 1 aromatic carbocycles. The van der Waals surface area contributed by atoms with Crippen LogP contribution in [0.5, 0.6) is 5.75 Å². The number of primary amides is 1. The molecule has 1 fully saturated rings. The van der Waals surface area contributed by atoms with Crippen LogP contribution in [0.25, 0.3) is 0 Å². The molecule has 2 rings (SSSR count). The topological polar surface area (TPSA) is 81.6 Å². The number of methoxy groups -OCH3 is 1. The van der Waals surface area contributed by atoms with Crippen molar-refractivity contribution >= 4 is 11.6 Å².